The van der Waals surface area contributed by atoms with Crippen molar-refractivity contribution in [2.75, 3.05) is 46.9 Å². The van der Waals surface area contributed by atoms with Gasteiger partial charge in [-0.05, 0) is 114 Å². The lowest BCUT2D eigenvalue weighted by Crippen LogP contribution is -2.59. The molecule has 5 fully saturated rings. The Bertz CT molecular complexity index is 2330. The van der Waals surface area contributed by atoms with Crippen LogP contribution in [0.4, 0.5) is 0 Å². The average molecular weight is 1130 g/mol. The number of carbonyl (C=O) groups is 7. The zero-order valence-corrected chi connectivity index (χ0v) is 48.7. The van der Waals surface area contributed by atoms with Crippen molar-refractivity contribution >= 4 is 41.4 Å². The third-order valence-corrected chi connectivity index (χ3v) is 18.7. The van der Waals surface area contributed by atoms with Crippen LogP contribution < -0.4 is 42.5 Å². The second kappa shape index (κ2) is 31.8. The van der Waals surface area contributed by atoms with Gasteiger partial charge in [0.2, 0.25) is 41.4 Å². The van der Waals surface area contributed by atoms with Crippen molar-refractivity contribution in [3.05, 3.63) is 71.8 Å². The molecule has 0 spiro atoms. The maximum atomic E-state index is 14.2. The Labute approximate surface area is 480 Å². The Morgan fingerprint density at radius 3 is 1.51 bits per heavy atom. The summed E-state index contributed by atoms with van der Waals surface area (Å²) < 4.78 is 0. The Kier molecular flexibility index (Phi) is 24.8. The minimum absolute atomic E-state index is 0.0411. The summed E-state index contributed by atoms with van der Waals surface area (Å²) in [5.41, 5.74) is 1.36. The molecule has 0 radical (unpaired) electrons. The summed E-state index contributed by atoms with van der Waals surface area (Å²) in [6, 6.07) is 13.3. The second-order valence-corrected chi connectivity index (χ2v) is 23.7. The number of likely N-dealkylation sites (N-methyl/N-ethyl adjacent to an activating group) is 2. The van der Waals surface area contributed by atoms with Crippen LogP contribution in [0.5, 0.6) is 0 Å². The molecule has 448 valence electrons. The van der Waals surface area contributed by atoms with E-state index in [1.54, 1.807) is 19.0 Å². The molecule has 0 unspecified atom stereocenters. The van der Waals surface area contributed by atoms with Gasteiger partial charge in [-0.15, -0.1) is 0 Å². The largest absolute Gasteiger partial charge is 0.396 e. The third kappa shape index (κ3) is 16.9. The maximum Gasteiger partial charge on any atom is 0.247 e. The van der Waals surface area contributed by atoms with E-state index in [1.807, 2.05) is 74.5 Å². The highest BCUT2D eigenvalue weighted by atomic mass is 16.3. The normalized spacial score (nSPS) is 27.2. The monoisotopic (exact) mass is 1120 g/mol. The summed E-state index contributed by atoms with van der Waals surface area (Å²) >= 11 is 0. The SMILES string of the molecule is CC[C@H](NC)C(=O)N[C@@H]1C(=O)N2[C@@H](CC[C@@H]1CO)CC[C@H]2C(=O)N[C@H](C(=O)NCCCCC1CCC(CCCCNC(=O)[C@@H](NC(=O)[C@@H]2CC[C@@H]3CC[C@H](CO)[C@H](NC(=O)[C@H](CC)NC)CN32)c2ccccc2)CC1)c1ccccc1. The van der Waals surface area contributed by atoms with Crippen molar-refractivity contribution in [3.8, 4) is 0 Å². The highest BCUT2D eigenvalue weighted by Gasteiger charge is 2.49. The van der Waals surface area contributed by atoms with Crippen LogP contribution in [0, 0.1) is 23.7 Å². The fourth-order valence-corrected chi connectivity index (χ4v) is 13.7. The molecule has 5 aliphatic rings. The van der Waals surface area contributed by atoms with Gasteiger partial charge < -0.3 is 57.6 Å². The molecule has 4 saturated heterocycles. The van der Waals surface area contributed by atoms with Gasteiger partial charge in [0.25, 0.3) is 0 Å². The van der Waals surface area contributed by atoms with Gasteiger partial charge in [0.15, 0.2) is 0 Å². The number of benzene rings is 2. The van der Waals surface area contributed by atoms with E-state index in [0.29, 0.717) is 82.0 Å². The predicted molar refractivity (Wildman–Crippen MR) is 311 cm³/mol. The Morgan fingerprint density at radius 2 is 1.00 bits per heavy atom. The van der Waals surface area contributed by atoms with Crippen LogP contribution in [0.15, 0.2) is 60.7 Å². The van der Waals surface area contributed by atoms with Crippen molar-refractivity contribution < 1.29 is 43.8 Å². The highest BCUT2D eigenvalue weighted by Crippen LogP contribution is 2.37. The zero-order chi connectivity index (χ0) is 57.8. The van der Waals surface area contributed by atoms with Gasteiger partial charge in [-0.25, -0.2) is 0 Å². The maximum absolute atomic E-state index is 14.2. The lowest BCUT2D eigenvalue weighted by Gasteiger charge is -2.33. The number of rotatable bonds is 28. The fraction of sp³-hybridized carbons (Fsp3) is 0.694. The van der Waals surface area contributed by atoms with E-state index in [9.17, 15) is 43.8 Å². The first-order chi connectivity index (χ1) is 39.3. The van der Waals surface area contributed by atoms with Gasteiger partial charge in [-0.1, -0.05) is 126 Å². The van der Waals surface area contributed by atoms with Crippen LogP contribution in [0.2, 0.25) is 0 Å². The van der Waals surface area contributed by atoms with E-state index in [2.05, 4.69) is 47.4 Å². The summed E-state index contributed by atoms with van der Waals surface area (Å²) in [7, 11) is 3.45. The smallest absolute Gasteiger partial charge is 0.247 e. The first-order valence-corrected chi connectivity index (χ1v) is 30.8. The van der Waals surface area contributed by atoms with Gasteiger partial charge in [0, 0.05) is 62.8 Å². The molecule has 2 aromatic carbocycles. The minimum Gasteiger partial charge on any atom is -0.396 e. The Hall–Kier alpha value is -5.47. The second-order valence-electron chi connectivity index (χ2n) is 23.7. The quantitative estimate of drug-likeness (QED) is 0.0542. The van der Waals surface area contributed by atoms with Gasteiger partial charge in [0.05, 0.1) is 18.1 Å². The van der Waals surface area contributed by atoms with Crippen LogP contribution in [0.3, 0.4) is 0 Å². The number of nitrogens with zero attached hydrogens (tertiary/aromatic N) is 2. The van der Waals surface area contributed by atoms with Gasteiger partial charge in [-0.2, -0.15) is 0 Å². The number of hydrogen-bond acceptors (Lipinski definition) is 12. The Balaban J connectivity index is 0.814. The van der Waals surface area contributed by atoms with Crippen molar-refractivity contribution in [2.45, 2.75) is 203 Å². The summed E-state index contributed by atoms with van der Waals surface area (Å²) in [5, 5.41) is 45.0. The summed E-state index contributed by atoms with van der Waals surface area (Å²) in [6.07, 6.45) is 16.9. The van der Waals surface area contributed by atoms with E-state index in [4.69, 9.17) is 0 Å². The van der Waals surface area contributed by atoms with Crippen molar-refractivity contribution in [2.24, 2.45) is 23.7 Å². The average Bonchev–Trinajstić information content (AvgIpc) is 4.17. The molecule has 1 aliphatic carbocycles. The molecule has 7 rings (SSSR count). The van der Waals surface area contributed by atoms with Crippen LogP contribution in [-0.4, -0.2) is 157 Å². The number of aliphatic hydroxyl groups excluding tert-OH is 2. The lowest BCUT2D eigenvalue weighted by molar-refractivity contribution is -0.144. The molecule has 0 bridgehead atoms. The number of fused-ring (bicyclic) bond motifs is 2. The lowest BCUT2D eigenvalue weighted by atomic mass is 9.78. The van der Waals surface area contributed by atoms with E-state index < -0.39 is 48.1 Å². The topological polar surface area (TPSA) is 263 Å². The standard InChI is InChI=1S/C62H96N10O9/c1-5-48(63-3)56(75)67-50-37-71-46(29-27-44(50)38-73)31-33-51(71)58(77)68-53(42-19-9-7-10-20-42)60(79)65-35-15-13-17-40-23-25-41(26-24-40)18-14-16-36-66-61(80)54(43-21-11-8-12-22-43)69-59(78)52-34-32-47-30-28-45(39-74)55(62(81)72(47)52)70-57(76)49(6-2)64-4/h7-12,19-22,40-41,44-55,63-64,73-74H,5-6,13-18,23-39H2,1-4H3,(H,65,79)(H,66,80)(H,67,75)(H,68,77)(H,69,78)(H,70,76)/t40?,41?,44-,45-,46+,47+,48+,49+,50-,51+,52+,53+,54+,55+/m1/s1. The molecule has 2 aromatic rings. The number of carbonyl (C=O) groups excluding carboxylic acids is 7. The summed E-state index contributed by atoms with van der Waals surface area (Å²) in [6.45, 7) is 4.96. The van der Waals surface area contributed by atoms with Crippen molar-refractivity contribution in [3.63, 3.8) is 0 Å². The molecule has 81 heavy (non-hydrogen) atoms. The van der Waals surface area contributed by atoms with Crippen LogP contribution in [0.25, 0.3) is 0 Å². The number of nitrogens with one attached hydrogen (secondary N) is 8. The highest BCUT2D eigenvalue weighted by molar-refractivity contribution is 5.96. The van der Waals surface area contributed by atoms with E-state index in [-0.39, 0.29) is 78.7 Å². The van der Waals surface area contributed by atoms with Crippen LogP contribution >= 0.6 is 0 Å². The van der Waals surface area contributed by atoms with Gasteiger partial charge in [-0.3, -0.25) is 38.5 Å². The molecular weight excluding hydrogens is 1030 g/mol. The van der Waals surface area contributed by atoms with Gasteiger partial charge in [0.1, 0.15) is 24.2 Å². The zero-order valence-electron chi connectivity index (χ0n) is 48.7. The van der Waals surface area contributed by atoms with E-state index >= 15 is 0 Å². The number of hydrogen-bond donors (Lipinski definition) is 10. The van der Waals surface area contributed by atoms with Crippen LogP contribution in [-0.2, 0) is 33.6 Å². The minimum atomic E-state index is -0.966. The molecule has 4 aliphatic heterocycles. The number of unbranched alkanes of at least 4 members (excludes halogenated alkanes) is 2. The summed E-state index contributed by atoms with van der Waals surface area (Å²) in [4.78, 5) is 100. The number of aliphatic hydroxyl groups is 2. The van der Waals surface area contributed by atoms with E-state index in [1.165, 1.54) is 25.7 Å². The fourth-order valence-electron chi connectivity index (χ4n) is 13.7. The molecule has 4 heterocycles. The van der Waals surface area contributed by atoms with Crippen LogP contribution in [0.1, 0.15) is 165 Å². The third-order valence-electron chi connectivity index (χ3n) is 18.7. The first-order valence-electron chi connectivity index (χ1n) is 30.8. The predicted octanol–water partition coefficient (Wildman–Crippen LogP) is 4.04. The molecule has 10 N–H and O–H groups in total. The Morgan fingerprint density at radius 1 is 0.543 bits per heavy atom. The molecule has 7 amide bonds. The van der Waals surface area contributed by atoms with E-state index in [0.717, 1.165) is 63.4 Å². The molecular formula is C62H96N10O9. The molecule has 19 heteroatoms. The first kappa shape index (κ1) is 63.1. The van der Waals surface area contributed by atoms with Crippen molar-refractivity contribution in [1.82, 2.24) is 52.3 Å². The summed E-state index contributed by atoms with van der Waals surface area (Å²) in [5.74, 6) is -1.27. The molecule has 12 atom stereocenters. The number of amides is 7. The molecule has 0 aromatic heterocycles. The van der Waals surface area contributed by atoms with Crippen molar-refractivity contribution in [1.29, 1.82) is 0 Å². The molecule has 19 nitrogen and oxygen atoms in total. The van der Waals surface area contributed by atoms with Gasteiger partial charge >= 0.3 is 0 Å². The molecule has 1 saturated carbocycles.